The largest absolute Gasteiger partial charge is 0.458 e. The van der Waals surface area contributed by atoms with E-state index in [1.807, 2.05) is 6.92 Å². The third-order valence-electron chi connectivity index (χ3n) is 3.46. The number of hydrogen-bond donors (Lipinski definition) is 1. The zero-order valence-electron chi connectivity index (χ0n) is 14.9. The molecule has 0 saturated heterocycles. The fourth-order valence-electron chi connectivity index (χ4n) is 2.07. The quantitative estimate of drug-likeness (QED) is 0.600. The summed E-state index contributed by atoms with van der Waals surface area (Å²) in [6.45, 7) is 3.03. The number of hydrogen-bond acceptors (Lipinski definition) is 7. The number of benzene rings is 1. The van der Waals surface area contributed by atoms with E-state index in [0.717, 1.165) is 0 Å². The Labute approximate surface area is 176 Å². The SMILES string of the molecule is CCN(C(C)=O)c1nc(COC(=O)CNS(=O)(=O)c2ccc(Cl)c(Cl)c2)cs1. The number of anilines is 1. The lowest BCUT2D eigenvalue weighted by atomic mass is 10.4. The maximum absolute atomic E-state index is 12.2. The van der Waals surface area contributed by atoms with Crippen molar-refractivity contribution in [3.63, 3.8) is 0 Å². The first kappa shape index (κ1) is 22.6. The molecule has 2 aromatic rings. The number of aromatic nitrogens is 1. The molecule has 0 aliphatic carbocycles. The van der Waals surface area contributed by atoms with E-state index in [-0.39, 0.29) is 27.5 Å². The van der Waals surface area contributed by atoms with Crippen LogP contribution in [0.1, 0.15) is 19.5 Å². The highest BCUT2D eigenvalue weighted by Gasteiger charge is 2.18. The van der Waals surface area contributed by atoms with E-state index < -0.39 is 22.5 Å². The van der Waals surface area contributed by atoms with E-state index in [0.29, 0.717) is 17.4 Å². The van der Waals surface area contributed by atoms with Gasteiger partial charge in [0.2, 0.25) is 15.9 Å². The monoisotopic (exact) mass is 465 g/mol. The van der Waals surface area contributed by atoms with E-state index in [4.69, 9.17) is 27.9 Å². The predicted octanol–water partition coefficient (Wildman–Crippen LogP) is 2.84. The number of carbonyl (C=O) groups excluding carboxylic acids is 2. The summed E-state index contributed by atoms with van der Waals surface area (Å²) in [5.41, 5.74) is 0.459. The minimum absolute atomic E-state index is 0.0816. The molecule has 8 nitrogen and oxygen atoms in total. The molecule has 0 atom stereocenters. The molecule has 1 aromatic heterocycles. The lowest BCUT2D eigenvalue weighted by molar-refractivity contribution is -0.143. The number of nitrogens with one attached hydrogen (secondary N) is 1. The van der Waals surface area contributed by atoms with Crippen LogP contribution in [0.25, 0.3) is 0 Å². The molecule has 1 heterocycles. The molecule has 1 aromatic carbocycles. The Hall–Kier alpha value is -1.72. The Balaban J connectivity index is 1.90. The maximum Gasteiger partial charge on any atom is 0.321 e. The van der Waals surface area contributed by atoms with Gasteiger partial charge in [-0.1, -0.05) is 23.2 Å². The predicted molar refractivity (Wildman–Crippen MR) is 107 cm³/mol. The minimum atomic E-state index is -3.95. The van der Waals surface area contributed by atoms with Gasteiger partial charge in [-0.15, -0.1) is 11.3 Å². The molecule has 28 heavy (non-hydrogen) atoms. The number of halogens is 2. The Morgan fingerprint density at radius 1 is 1.29 bits per heavy atom. The van der Waals surface area contributed by atoms with Crippen molar-refractivity contribution >= 4 is 61.6 Å². The molecule has 1 N–H and O–H groups in total. The fraction of sp³-hybridized carbons (Fsp3) is 0.312. The molecule has 0 bridgehead atoms. The van der Waals surface area contributed by atoms with Crippen molar-refractivity contribution in [2.75, 3.05) is 18.0 Å². The Kier molecular flexibility index (Phi) is 7.79. The lowest BCUT2D eigenvalue weighted by Crippen LogP contribution is -2.30. The van der Waals surface area contributed by atoms with E-state index in [1.165, 1.54) is 41.4 Å². The Bertz CT molecular complexity index is 978. The number of amides is 1. The molecule has 1 amide bonds. The van der Waals surface area contributed by atoms with Crippen LogP contribution >= 0.6 is 34.5 Å². The van der Waals surface area contributed by atoms with Gasteiger partial charge >= 0.3 is 5.97 Å². The summed E-state index contributed by atoms with van der Waals surface area (Å²) < 4.78 is 31.5. The summed E-state index contributed by atoms with van der Waals surface area (Å²) in [6, 6.07) is 3.80. The van der Waals surface area contributed by atoms with E-state index in [1.54, 1.807) is 5.38 Å². The third-order valence-corrected chi connectivity index (χ3v) is 6.51. The van der Waals surface area contributed by atoms with Crippen molar-refractivity contribution in [1.29, 1.82) is 0 Å². The van der Waals surface area contributed by atoms with Crippen molar-refractivity contribution in [2.45, 2.75) is 25.3 Å². The maximum atomic E-state index is 12.2. The van der Waals surface area contributed by atoms with Crippen molar-refractivity contribution < 1.29 is 22.7 Å². The second-order valence-corrected chi connectivity index (χ2v) is 8.86. The smallest absolute Gasteiger partial charge is 0.321 e. The molecule has 152 valence electrons. The van der Waals surface area contributed by atoms with Gasteiger partial charge in [-0.2, -0.15) is 4.72 Å². The second kappa shape index (κ2) is 9.66. The van der Waals surface area contributed by atoms with Crippen LogP contribution < -0.4 is 9.62 Å². The van der Waals surface area contributed by atoms with Gasteiger partial charge in [0.1, 0.15) is 13.2 Å². The van der Waals surface area contributed by atoms with Crippen LogP contribution in [0.5, 0.6) is 0 Å². The first-order chi connectivity index (χ1) is 13.1. The van der Waals surface area contributed by atoms with Crippen LogP contribution in [0.2, 0.25) is 10.0 Å². The number of nitrogens with zero attached hydrogens (tertiary/aromatic N) is 2. The number of thiazole rings is 1. The highest BCUT2D eigenvalue weighted by Crippen LogP contribution is 2.24. The zero-order valence-corrected chi connectivity index (χ0v) is 18.1. The normalized spacial score (nSPS) is 11.3. The molecule has 0 fully saturated rings. The van der Waals surface area contributed by atoms with Crippen molar-refractivity contribution in [1.82, 2.24) is 9.71 Å². The standard InChI is InChI=1S/C16H17Cl2N3O5S2/c1-3-21(10(2)22)16-20-11(9-27-16)8-26-15(23)7-19-28(24,25)12-4-5-13(17)14(18)6-12/h4-6,9,19H,3,7-8H2,1-2H3. The van der Waals surface area contributed by atoms with Crippen LogP contribution in [0.15, 0.2) is 28.5 Å². The van der Waals surface area contributed by atoms with Crippen molar-refractivity contribution in [2.24, 2.45) is 0 Å². The van der Waals surface area contributed by atoms with Gasteiger partial charge in [0.25, 0.3) is 0 Å². The summed E-state index contributed by atoms with van der Waals surface area (Å²) in [5.74, 6) is -0.922. The molecule has 12 heteroatoms. The van der Waals surface area contributed by atoms with Crippen molar-refractivity contribution in [3.8, 4) is 0 Å². The van der Waals surface area contributed by atoms with Gasteiger partial charge in [0.05, 0.1) is 20.6 Å². The van der Waals surface area contributed by atoms with Gasteiger partial charge in [-0.05, 0) is 25.1 Å². The third kappa shape index (κ3) is 5.89. The fourth-order valence-corrected chi connectivity index (χ4v) is 4.34. The molecule has 0 aliphatic rings. The molecule has 0 aliphatic heterocycles. The highest BCUT2D eigenvalue weighted by molar-refractivity contribution is 7.89. The summed E-state index contributed by atoms with van der Waals surface area (Å²) in [7, 11) is -3.95. The van der Waals surface area contributed by atoms with Gasteiger partial charge in [0, 0.05) is 18.8 Å². The topological polar surface area (TPSA) is 106 Å². The van der Waals surface area contributed by atoms with Gasteiger partial charge in [-0.25, -0.2) is 13.4 Å². The average Bonchev–Trinajstić information content (AvgIpc) is 3.09. The highest BCUT2D eigenvalue weighted by atomic mass is 35.5. The van der Waals surface area contributed by atoms with Crippen LogP contribution in [0.3, 0.4) is 0 Å². The first-order valence-electron chi connectivity index (χ1n) is 7.97. The van der Waals surface area contributed by atoms with Crippen LogP contribution in [-0.4, -0.2) is 38.4 Å². The Morgan fingerprint density at radius 2 is 2.00 bits per heavy atom. The van der Waals surface area contributed by atoms with E-state index in [9.17, 15) is 18.0 Å². The lowest BCUT2D eigenvalue weighted by Gasteiger charge is -2.14. The molecule has 0 radical (unpaired) electrons. The number of carbonyl (C=O) groups is 2. The summed E-state index contributed by atoms with van der Waals surface area (Å²) in [5, 5.41) is 2.46. The second-order valence-electron chi connectivity index (χ2n) is 5.45. The summed E-state index contributed by atoms with van der Waals surface area (Å²) >= 11 is 12.8. The number of esters is 1. The van der Waals surface area contributed by atoms with Crippen molar-refractivity contribution in [3.05, 3.63) is 39.3 Å². The molecule has 0 saturated carbocycles. The minimum Gasteiger partial charge on any atom is -0.458 e. The molecular formula is C16H17Cl2N3O5S2. The molecular weight excluding hydrogens is 449 g/mol. The number of sulfonamides is 1. The zero-order chi connectivity index (χ0) is 20.9. The molecule has 2 rings (SSSR count). The average molecular weight is 466 g/mol. The number of rotatable bonds is 8. The molecule has 0 spiro atoms. The number of ether oxygens (including phenoxy) is 1. The van der Waals surface area contributed by atoms with Gasteiger partial charge in [-0.3, -0.25) is 14.5 Å². The summed E-state index contributed by atoms with van der Waals surface area (Å²) in [6.07, 6.45) is 0. The first-order valence-corrected chi connectivity index (χ1v) is 11.1. The van der Waals surface area contributed by atoms with Crippen LogP contribution in [-0.2, 0) is 31.0 Å². The van der Waals surface area contributed by atoms with E-state index in [2.05, 4.69) is 9.71 Å². The van der Waals surface area contributed by atoms with Crippen LogP contribution in [0.4, 0.5) is 5.13 Å². The van der Waals surface area contributed by atoms with Gasteiger partial charge < -0.3 is 4.74 Å². The van der Waals surface area contributed by atoms with Gasteiger partial charge in [0.15, 0.2) is 5.13 Å². The molecule has 0 unspecified atom stereocenters. The summed E-state index contributed by atoms with van der Waals surface area (Å²) in [4.78, 5) is 28.9. The van der Waals surface area contributed by atoms with Crippen LogP contribution in [0, 0.1) is 0 Å². The Morgan fingerprint density at radius 3 is 2.61 bits per heavy atom. The van der Waals surface area contributed by atoms with E-state index >= 15 is 0 Å².